The topological polar surface area (TPSA) is 29.1 Å². The van der Waals surface area contributed by atoms with Crippen LogP contribution in [-0.2, 0) is 11.2 Å². The summed E-state index contributed by atoms with van der Waals surface area (Å²) in [6, 6.07) is 14.3. The van der Waals surface area contributed by atoms with Gasteiger partial charge in [0.05, 0.1) is 5.38 Å². The number of alkyl halides is 1. The number of hydrogen-bond donors (Lipinski definition) is 1. The number of benzene rings is 2. The number of nitrogens with one attached hydrogen (secondary N) is 1. The molecule has 1 aliphatic rings. The van der Waals surface area contributed by atoms with Crippen LogP contribution in [0, 0.1) is 3.57 Å². The second-order valence-electron chi connectivity index (χ2n) is 5.24. The zero-order chi connectivity index (χ0) is 14.8. The first-order valence-corrected chi connectivity index (χ1v) is 8.47. The molecule has 2 aromatic rings. The molecule has 0 bridgehead atoms. The van der Waals surface area contributed by atoms with Crippen molar-refractivity contribution in [1.82, 2.24) is 0 Å². The molecule has 0 aliphatic carbocycles. The van der Waals surface area contributed by atoms with E-state index in [4.69, 9.17) is 11.6 Å². The minimum Gasteiger partial charge on any atom is -0.326 e. The average molecular weight is 412 g/mol. The van der Waals surface area contributed by atoms with Gasteiger partial charge in [0.2, 0.25) is 5.91 Å². The van der Waals surface area contributed by atoms with Crippen molar-refractivity contribution in [2.24, 2.45) is 0 Å². The largest absolute Gasteiger partial charge is 0.326 e. The normalized spacial score (nSPS) is 15.8. The summed E-state index contributed by atoms with van der Waals surface area (Å²) >= 11 is 8.92. The van der Waals surface area contributed by atoms with Gasteiger partial charge in [-0.2, -0.15) is 0 Å². The predicted molar refractivity (Wildman–Crippen MR) is 94.9 cm³/mol. The molecule has 21 heavy (non-hydrogen) atoms. The third kappa shape index (κ3) is 3.40. The molecule has 1 heterocycles. The molecule has 4 heteroatoms. The quantitative estimate of drug-likeness (QED) is 0.553. The van der Waals surface area contributed by atoms with E-state index in [-0.39, 0.29) is 11.3 Å². The molecule has 0 spiro atoms. The summed E-state index contributed by atoms with van der Waals surface area (Å²) in [6.07, 6.45) is 2.39. The molecule has 2 aromatic carbocycles. The molecule has 0 fully saturated rings. The van der Waals surface area contributed by atoms with Gasteiger partial charge in [-0.3, -0.25) is 4.79 Å². The number of carbonyl (C=O) groups excluding carboxylic acids is 1. The first kappa shape index (κ1) is 14.9. The number of anilines is 1. The van der Waals surface area contributed by atoms with Crippen LogP contribution in [0.15, 0.2) is 42.5 Å². The molecule has 0 saturated heterocycles. The molecular formula is C17H15ClINO. The zero-order valence-corrected chi connectivity index (χ0v) is 14.3. The van der Waals surface area contributed by atoms with Crippen LogP contribution in [0.2, 0.25) is 0 Å². The van der Waals surface area contributed by atoms with E-state index in [1.165, 1.54) is 9.13 Å². The van der Waals surface area contributed by atoms with Gasteiger partial charge >= 0.3 is 0 Å². The fraction of sp³-hybridized carbons (Fsp3) is 0.235. The number of amides is 1. The second-order valence-corrected chi connectivity index (χ2v) is 6.92. The maximum Gasteiger partial charge on any atom is 0.224 e. The first-order chi connectivity index (χ1) is 10.1. The van der Waals surface area contributed by atoms with Crippen LogP contribution in [-0.4, -0.2) is 5.91 Å². The van der Waals surface area contributed by atoms with Crippen molar-refractivity contribution in [2.75, 3.05) is 5.32 Å². The SMILES string of the molecule is O=C1CCCc2cc(C(Cl)c3cccc(I)c3)ccc2N1. The van der Waals surface area contributed by atoms with E-state index in [0.29, 0.717) is 6.42 Å². The molecule has 1 amide bonds. The van der Waals surface area contributed by atoms with Crippen molar-refractivity contribution in [2.45, 2.75) is 24.6 Å². The Kier molecular flexibility index (Phi) is 4.50. The minimum absolute atomic E-state index is 0.0986. The van der Waals surface area contributed by atoms with Crippen molar-refractivity contribution in [3.05, 3.63) is 62.7 Å². The van der Waals surface area contributed by atoms with Crippen LogP contribution < -0.4 is 5.32 Å². The van der Waals surface area contributed by atoms with Crippen molar-refractivity contribution in [1.29, 1.82) is 0 Å². The van der Waals surface area contributed by atoms with Crippen LogP contribution >= 0.6 is 34.2 Å². The molecule has 3 rings (SSSR count). The molecule has 1 atom stereocenters. The van der Waals surface area contributed by atoms with Gasteiger partial charge in [-0.1, -0.05) is 24.3 Å². The third-order valence-electron chi connectivity index (χ3n) is 3.69. The van der Waals surface area contributed by atoms with Crippen molar-refractivity contribution in [3.63, 3.8) is 0 Å². The molecule has 1 aliphatic heterocycles. The van der Waals surface area contributed by atoms with E-state index in [1.807, 2.05) is 24.3 Å². The molecule has 1 N–H and O–H groups in total. The summed E-state index contributed by atoms with van der Waals surface area (Å²) in [7, 11) is 0. The van der Waals surface area contributed by atoms with Crippen molar-refractivity contribution >= 4 is 45.8 Å². The molecule has 108 valence electrons. The van der Waals surface area contributed by atoms with E-state index in [2.05, 4.69) is 46.1 Å². The molecule has 0 aromatic heterocycles. The van der Waals surface area contributed by atoms with E-state index in [0.717, 1.165) is 29.7 Å². The number of fused-ring (bicyclic) bond motifs is 1. The minimum atomic E-state index is -0.163. The van der Waals surface area contributed by atoms with Crippen LogP contribution in [0.3, 0.4) is 0 Å². The Morgan fingerprint density at radius 3 is 2.71 bits per heavy atom. The lowest BCUT2D eigenvalue weighted by molar-refractivity contribution is -0.116. The first-order valence-electron chi connectivity index (χ1n) is 6.96. The lowest BCUT2D eigenvalue weighted by Crippen LogP contribution is -2.09. The second kappa shape index (κ2) is 6.36. The van der Waals surface area contributed by atoms with Gasteiger partial charge in [-0.05, 0) is 70.3 Å². The Morgan fingerprint density at radius 1 is 1.10 bits per heavy atom. The lowest BCUT2D eigenvalue weighted by Gasteiger charge is -2.14. The van der Waals surface area contributed by atoms with Crippen LogP contribution in [0.4, 0.5) is 5.69 Å². The van der Waals surface area contributed by atoms with Crippen LogP contribution in [0.5, 0.6) is 0 Å². The number of halogens is 2. The highest BCUT2D eigenvalue weighted by atomic mass is 127. The Balaban J connectivity index is 1.93. The van der Waals surface area contributed by atoms with Gasteiger partial charge in [-0.25, -0.2) is 0 Å². The van der Waals surface area contributed by atoms with E-state index < -0.39 is 0 Å². The monoisotopic (exact) mass is 411 g/mol. The molecular weight excluding hydrogens is 397 g/mol. The average Bonchev–Trinajstić information content (AvgIpc) is 2.66. The molecule has 1 unspecified atom stereocenters. The standard InChI is InChI=1S/C17H15ClINO/c18-17(12-4-1-5-14(19)10-12)13-7-8-15-11(9-13)3-2-6-16(21)20-15/h1,4-5,7-10,17H,2-3,6H2,(H,20,21). The molecule has 0 saturated carbocycles. The summed E-state index contributed by atoms with van der Waals surface area (Å²) in [5.74, 6) is 0.0986. The number of hydrogen-bond acceptors (Lipinski definition) is 1. The number of rotatable bonds is 2. The lowest BCUT2D eigenvalue weighted by atomic mass is 9.99. The summed E-state index contributed by atoms with van der Waals surface area (Å²) < 4.78 is 1.18. The summed E-state index contributed by atoms with van der Waals surface area (Å²) in [4.78, 5) is 11.6. The fourth-order valence-electron chi connectivity index (χ4n) is 2.61. The Labute approximate surface area is 143 Å². The van der Waals surface area contributed by atoms with Crippen molar-refractivity contribution in [3.8, 4) is 0 Å². The molecule has 2 nitrogen and oxygen atoms in total. The maximum atomic E-state index is 11.6. The molecule has 0 radical (unpaired) electrons. The Morgan fingerprint density at radius 2 is 1.90 bits per heavy atom. The zero-order valence-electron chi connectivity index (χ0n) is 11.4. The Hall–Kier alpha value is -1.07. The maximum absolute atomic E-state index is 11.6. The predicted octanol–water partition coefficient (Wildman–Crippen LogP) is 4.89. The van der Waals surface area contributed by atoms with Gasteiger partial charge in [-0.15, -0.1) is 11.6 Å². The summed E-state index contributed by atoms with van der Waals surface area (Å²) in [5, 5.41) is 2.79. The van der Waals surface area contributed by atoms with E-state index in [9.17, 15) is 4.79 Å². The van der Waals surface area contributed by atoms with Gasteiger partial charge < -0.3 is 5.32 Å². The van der Waals surface area contributed by atoms with Gasteiger partial charge in [0, 0.05) is 15.7 Å². The Bertz CT molecular complexity index is 686. The third-order valence-corrected chi connectivity index (χ3v) is 4.86. The highest BCUT2D eigenvalue weighted by Crippen LogP contribution is 2.33. The van der Waals surface area contributed by atoms with Gasteiger partial charge in [0.1, 0.15) is 0 Å². The number of aryl methyl sites for hydroxylation is 1. The smallest absolute Gasteiger partial charge is 0.224 e. The highest BCUT2D eigenvalue weighted by molar-refractivity contribution is 14.1. The summed E-state index contributed by atoms with van der Waals surface area (Å²) in [5.41, 5.74) is 4.28. The highest BCUT2D eigenvalue weighted by Gasteiger charge is 2.16. The van der Waals surface area contributed by atoms with Crippen LogP contribution in [0.1, 0.15) is 34.9 Å². The van der Waals surface area contributed by atoms with Gasteiger partial charge in [0.25, 0.3) is 0 Å². The van der Waals surface area contributed by atoms with Crippen LogP contribution in [0.25, 0.3) is 0 Å². The number of carbonyl (C=O) groups is 1. The summed E-state index contributed by atoms with van der Waals surface area (Å²) in [6.45, 7) is 0. The van der Waals surface area contributed by atoms with E-state index >= 15 is 0 Å². The van der Waals surface area contributed by atoms with E-state index in [1.54, 1.807) is 0 Å². The fourth-order valence-corrected chi connectivity index (χ4v) is 3.45. The van der Waals surface area contributed by atoms with Crippen molar-refractivity contribution < 1.29 is 4.79 Å². The van der Waals surface area contributed by atoms with Gasteiger partial charge in [0.15, 0.2) is 0 Å².